The highest BCUT2D eigenvalue weighted by Gasteiger charge is 2.18. The SMILES string of the molecule is CC(C)OC(=O)c1cncn1Cc1ccc(-c2ccccc2C2N=NN=N2)cc1. The third-order valence-electron chi connectivity index (χ3n) is 4.48. The number of aromatic nitrogens is 2. The molecule has 0 saturated heterocycles. The molecule has 1 aliphatic heterocycles. The van der Waals surface area contributed by atoms with Crippen LogP contribution in [0.1, 0.15) is 41.6 Å². The van der Waals surface area contributed by atoms with Gasteiger partial charge in [0.2, 0.25) is 6.17 Å². The molecule has 29 heavy (non-hydrogen) atoms. The maximum absolute atomic E-state index is 12.2. The molecule has 0 fully saturated rings. The van der Waals surface area contributed by atoms with E-state index in [2.05, 4.69) is 25.7 Å². The van der Waals surface area contributed by atoms with E-state index in [1.807, 2.05) is 62.4 Å². The molecule has 4 rings (SSSR count). The van der Waals surface area contributed by atoms with Crippen LogP contribution in [0.15, 0.2) is 81.7 Å². The Balaban J connectivity index is 1.55. The first-order valence-corrected chi connectivity index (χ1v) is 9.31. The van der Waals surface area contributed by atoms with E-state index < -0.39 is 6.17 Å². The summed E-state index contributed by atoms with van der Waals surface area (Å²) in [4.78, 5) is 16.3. The highest BCUT2D eigenvalue weighted by Crippen LogP contribution is 2.33. The molecule has 8 heteroatoms. The van der Waals surface area contributed by atoms with Crippen molar-refractivity contribution in [3.05, 3.63) is 77.9 Å². The average molecular weight is 388 g/mol. The number of imidazole rings is 1. The van der Waals surface area contributed by atoms with E-state index in [-0.39, 0.29) is 12.1 Å². The molecule has 0 spiro atoms. The highest BCUT2D eigenvalue weighted by atomic mass is 16.5. The summed E-state index contributed by atoms with van der Waals surface area (Å²) >= 11 is 0. The molecule has 0 aliphatic carbocycles. The van der Waals surface area contributed by atoms with Gasteiger partial charge in [-0.1, -0.05) is 48.5 Å². The zero-order valence-electron chi connectivity index (χ0n) is 16.1. The molecule has 1 aromatic heterocycles. The summed E-state index contributed by atoms with van der Waals surface area (Å²) in [6.07, 6.45) is 2.59. The Hall–Kier alpha value is -3.68. The molecule has 2 aromatic carbocycles. The van der Waals surface area contributed by atoms with E-state index in [0.29, 0.717) is 12.2 Å². The van der Waals surface area contributed by atoms with E-state index in [9.17, 15) is 4.79 Å². The largest absolute Gasteiger partial charge is 0.458 e. The number of hydrogen-bond donors (Lipinski definition) is 0. The number of rotatable bonds is 6. The molecule has 2 heterocycles. The Morgan fingerprint density at radius 2 is 1.79 bits per heavy atom. The van der Waals surface area contributed by atoms with Crippen LogP contribution in [0, 0.1) is 0 Å². The fraction of sp³-hybridized carbons (Fsp3) is 0.238. The summed E-state index contributed by atoms with van der Waals surface area (Å²) in [5, 5.41) is 15.3. The lowest BCUT2D eigenvalue weighted by atomic mass is 9.97. The van der Waals surface area contributed by atoms with Crippen LogP contribution in [-0.2, 0) is 11.3 Å². The summed E-state index contributed by atoms with van der Waals surface area (Å²) < 4.78 is 7.06. The van der Waals surface area contributed by atoms with Crippen molar-refractivity contribution in [1.82, 2.24) is 9.55 Å². The van der Waals surface area contributed by atoms with Crippen LogP contribution in [0.3, 0.4) is 0 Å². The van der Waals surface area contributed by atoms with Crippen molar-refractivity contribution in [2.24, 2.45) is 20.7 Å². The van der Waals surface area contributed by atoms with Crippen molar-refractivity contribution in [2.75, 3.05) is 0 Å². The van der Waals surface area contributed by atoms with Crippen molar-refractivity contribution < 1.29 is 9.53 Å². The van der Waals surface area contributed by atoms with Crippen LogP contribution in [-0.4, -0.2) is 21.6 Å². The van der Waals surface area contributed by atoms with Gasteiger partial charge in [0.1, 0.15) is 5.69 Å². The van der Waals surface area contributed by atoms with Crippen molar-refractivity contribution in [1.29, 1.82) is 0 Å². The summed E-state index contributed by atoms with van der Waals surface area (Å²) in [6, 6.07) is 16.1. The Kier molecular flexibility index (Phi) is 5.24. The van der Waals surface area contributed by atoms with Gasteiger partial charge in [-0.25, -0.2) is 9.78 Å². The molecule has 8 nitrogen and oxygen atoms in total. The standard InChI is InChI=1S/C21H20N6O2/c1-14(2)29-21(28)19-11-22-13-27(19)12-15-7-9-16(10-8-15)17-5-3-4-6-18(17)20-23-25-26-24-20/h3-11,13-14,20H,12H2,1-2H3. The van der Waals surface area contributed by atoms with Gasteiger partial charge < -0.3 is 9.30 Å². The third-order valence-corrected chi connectivity index (χ3v) is 4.48. The minimum atomic E-state index is -0.397. The molecule has 0 unspecified atom stereocenters. The van der Waals surface area contributed by atoms with Crippen LogP contribution >= 0.6 is 0 Å². The second-order valence-electron chi connectivity index (χ2n) is 6.93. The molecule has 3 aromatic rings. The van der Waals surface area contributed by atoms with E-state index in [4.69, 9.17) is 4.74 Å². The van der Waals surface area contributed by atoms with Crippen molar-refractivity contribution >= 4 is 5.97 Å². The number of ether oxygens (including phenoxy) is 1. The fourth-order valence-electron chi connectivity index (χ4n) is 3.15. The van der Waals surface area contributed by atoms with Crippen LogP contribution in [0.25, 0.3) is 11.1 Å². The number of benzene rings is 2. The first kappa shape index (κ1) is 18.7. The molecule has 0 N–H and O–H groups in total. The lowest BCUT2D eigenvalue weighted by Gasteiger charge is -2.12. The molecule has 146 valence electrons. The maximum atomic E-state index is 12.2. The van der Waals surface area contributed by atoms with Gasteiger partial charge in [0, 0.05) is 12.1 Å². The van der Waals surface area contributed by atoms with Gasteiger partial charge in [-0.05, 0) is 41.0 Å². The van der Waals surface area contributed by atoms with Gasteiger partial charge in [0.05, 0.1) is 18.6 Å². The lowest BCUT2D eigenvalue weighted by molar-refractivity contribution is 0.0365. The average Bonchev–Trinajstić information content (AvgIpc) is 3.40. The number of esters is 1. The molecule has 1 aliphatic rings. The number of carbonyl (C=O) groups is 1. The number of nitrogens with zero attached hydrogens (tertiary/aromatic N) is 6. The van der Waals surface area contributed by atoms with Crippen LogP contribution in [0.4, 0.5) is 0 Å². The predicted octanol–water partition coefficient (Wildman–Crippen LogP) is 5.00. The lowest BCUT2D eigenvalue weighted by Crippen LogP contribution is -2.16. The van der Waals surface area contributed by atoms with Crippen molar-refractivity contribution in [2.45, 2.75) is 32.7 Å². The number of hydrogen-bond acceptors (Lipinski definition) is 7. The van der Waals surface area contributed by atoms with Crippen LogP contribution < -0.4 is 0 Å². The smallest absolute Gasteiger partial charge is 0.356 e. The molecular formula is C21H20N6O2. The second kappa shape index (κ2) is 8.14. The quantitative estimate of drug-likeness (QED) is 0.556. The monoisotopic (exact) mass is 388 g/mol. The van der Waals surface area contributed by atoms with Gasteiger partial charge >= 0.3 is 5.97 Å². The summed E-state index contributed by atoms with van der Waals surface area (Å²) in [6.45, 7) is 4.17. The van der Waals surface area contributed by atoms with E-state index in [1.54, 1.807) is 10.9 Å². The Morgan fingerprint density at radius 1 is 1.07 bits per heavy atom. The summed E-state index contributed by atoms with van der Waals surface area (Å²) in [5.74, 6) is -0.372. The van der Waals surface area contributed by atoms with Crippen molar-refractivity contribution in [3.63, 3.8) is 0 Å². The molecule has 0 radical (unpaired) electrons. The van der Waals surface area contributed by atoms with Gasteiger partial charge in [-0.2, -0.15) is 0 Å². The topological polar surface area (TPSA) is 93.6 Å². The first-order chi connectivity index (χ1) is 14.1. The second-order valence-corrected chi connectivity index (χ2v) is 6.93. The third kappa shape index (κ3) is 4.11. The van der Waals surface area contributed by atoms with Crippen LogP contribution in [0.2, 0.25) is 0 Å². The van der Waals surface area contributed by atoms with Crippen molar-refractivity contribution in [3.8, 4) is 11.1 Å². The minimum Gasteiger partial charge on any atom is -0.458 e. The maximum Gasteiger partial charge on any atom is 0.356 e. The highest BCUT2D eigenvalue weighted by molar-refractivity contribution is 5.87. The molecular weight excluding hydrogens is 368 g/mol. The Morgan fingerprint density at radius 3 is 2.52 bits per heavy atom. The normalized spacial score (nSPS) is 13.3. The van der Waals surface area contributed by atoms with Gasteiger partial charge in [0.25, 0.3) is 0 Å². The Bertz CT molecular complexity index is 1060. The van der Waals surface area contributed by atoms with E-state index in [0.717, 1.165) is 22.3 Å². The molecule has 0 amide bonds. The molecule has 0 atom stereocenters. The minimum absolute atomic E-state index is 0.177. The molecule has 0 bridgehead atoms. The van der Waals surface area contributed by atoms with Gasteiger partial charge in [0.15, 0.2) is 0 Å². The first-order valence-electron chi connectivity index (χ1n) is 9.31. The zero-order valence-corrected chi connectivity index (χ0v) is 16.1. The van der Waals surface area contributed by atoms with E-state index >= 15 is 0 Å². The molecule has 0 saturated carbocycles. The Labute approximate surface area is 168 Å². The predicted molar refractivity (Wildman–Crippen MR) is 106 cm³/mol. The number of carbonyl (C=O) groups excluding carboxylic acids is 1. The fourth-order valence-corrected chi connectivity index (χ4v) is 3.15. The summed E-state index contributed by atoms with van der Waals surface area (Å²) in [7, 11) is 0. The van der Waals surface area contributed by atoms with Crippen LogP contribution in [0.5, 0.6) is 0 Å². The zero-order chi connectivity index (χ0) is 20.2. The van der Waals surface area contributed by atoms with E-state index in [1.165, 1.54) is 6.20 Å². The van der Waals surface area contributed by atoms with Gasteiger partial charge in [-0.3, -0.25) is 0 Å². The summed E-state index contributed by atoms with van der Waals surface area (Å²) in [5.41, 5.74) is 4.52. The van der Waals surface area contributed by atoms with Gasteiger partial charge in [-0.15, -0.1) is 10.2 Å².